The number of nitrogens with zero attached hydrogens (tertiary/aromatic N) is 1. The van der Waals surface area contributed by atoms with Gasteiger partial charge >= 0.3 is 0 Å². The Morgan fingerprint density at radius 3 is 3.00 bits per heavy atom. The minimum Gasteiger partial charge on any atom is -0.385 e. The first kappa shape index (κ1) is 5.91. The summed E-state index contributed by atoms with van der Waals surface area (Å²) in [4.78, 5) is 0. The van der Waals surface area contributed by atoms with Gasteiger partial charge in [0.15, 0.2) is 0 Å². The summed E-state index contributed by atoms with van der Waals surface area (Å²) in [6.45, 7) is 1.69. The molecule has 3 nitrogen and oxygen atoms in total. The number of amidine groups is 1. The lowest BCUT2D eigenvalue weighted by Gasteiger charge is -2.00. The fourth-order valence-electron chi connectivity index (χ4n) is 0.464. The molecule has 4 heteroatoms. The Kier molecular flexibility index (Phi) is 1.75. The van der Waals surface area contributed by atoms with E-state index in [1.165, 1.54) is 11.9 Å². The molecule has 46 valence electrons. The maximum atomic E-state index is 8.85. The molecule has 0 spiro atoms. The van der Waals surface area contributed by atoms with E-state index in [2.05, 4.69) is 9.71 Å². The Morgan fingerprint density at radius 1 is 2.00 bits per heavy atom. The van der Waals surface area contributed by atoms with Crippen molar-refractivity contribution in [3.63, 3.8) is 0 Å². The van der Waals surface area contributed by atoms with E-state index in [4.69, 9.17) is 5.11 Å². The van der Waals surface area contributed by atoms with Crippen molar-refractivity contribution in [3.8, 4) is 0 Å². The van der Waals surface area contributed by atoms with Crippen LogP contribution in [0.25, 0.3) is 0 Å². The first-order valence-electron chi connectivity index (χ1n) is 2.42. The second-order valence-electron chi connectivity index (χ2n) is 1.60. The number of hydrogen-bond donors (Lipinski definition) is 2. The second kappa shape index (κ2) is 2.37. The van der Waals surface area contributed by atoms with Crippen LogP contribution in [0, 0.1) is 0 Å². The van der Waals surface area contributed by atoms with Crippen LogP contribution in [0.3, 0.4) is 0 Å². The number of nitrogens with one attached hydrogen (secondary N) is 1. The van der Waals surface area contributed by atoms with Crippen molar-refractivity contribution in [2.24, 2.45) is 4.40 Å². The standard InChI is InChI=1S/C4H8N2OS/c1-3(7)4-5-2-8-6-4/h3,7H,2H2,1H3,(H,5,6). The molecule has 0 aromatic rings. The van der Waals surface area contributed by atoms with Crippen molar-refractivity contribution in [2.75, 3.05) is 5.88 Å². The Hall–Kier alpha value is -0.220. The van der Waals surface area contributed by atoms with Crippen molar-refractivity contribution in [3.05, 3.63) is 0 Å². The fourth-order valence-corrected chi connectivity index (χ4v) is 1.10. The van der Waals surface area contributed by atoms with Crippen molar-refractivity contribution in [2.45, 2.75) is 13.0 Å². The van der Waals surface area contributed by atoms with Gasteiger partial charge in [-0.25, -0.2) is 0 Å². The topological polar surface area (TPSA) is 44.6 Å². The molecule has 0 bridgehead atoms. The lowest BCUT2D eigenvalue weighted by molar-refractivity contribution is 0.259. The van der Waals surface area contributed by atoms with Crippen LogP contribution in [0.4, 0.5) is 0 Å². The van der Waals surface area contributed by atoms with E-state index in [-0.39, 0.29) is 0 Å². The van der Waals surface area contributed by atoms with Crippen LogP contribution in [-0.2, 0) is 0 Å². The van der Waals surface area contributed by atoms with E-state index in [0.29, 0.717) is 5.84 Å². The van der Waals surface area contributed by atoms with Gasteiger partial charge in [-0.1, -0.05) is 0 Å². The van der Waals surface area contributed by atoms with Crippen LogP contribution in [0.15, 0.2) is 4.40 Å². The summed E-state index contributed by atoms with van der Waals surface area (Å²) in [5, 5.41) is 11.8. The van der Waals surface area contributed by atoms with E-state index in [1.807, 2.05) is 0 Å². The molecule has 0 radical (unpaired) electrons. The number of aliphatic hydroxyl groups excluding tert-OH is 1. The van der Waals surface area contributed by atoms with Crippen LogP contribution in [0.2, 0.25) is 0 Å². The molecule has 0 aromatic heterocycles. The van der Waals surface area contributed by atoms with Gasteiger partial charge in [-0.05, 0) is 18.9 Å². The van der Waals surface area contributed by atoms with Crippen molar-refractivity contribution in [1.82, 2.24) is 5.32 Å². The van der Waals surface area contributed by atoms with Crippen LogP contribution < -0.4 is 5.32 Å². The minimum absolute atomic E-state index is 0.440. The molecule has 1 aliphatic heterocycles. The lowest BCUT2D eigenvalue weighted by Crippen LogP contribution is -2.28. The highest BCUT2D eigenvalue weighted by Crippen LogP contribution is 2.07. The largest absolute Gasteiger partial charge is 0.385 e. The zero-order chi connectivity index (χ0) is 5.98. The third-order valence-electron chi connectivity index (χ3n) is 0.876. The van der Waals surface area contributed by atoms with Crippen LogP contribution in [0.1, 0.15) is 6.92 Å². The maximum Gasteiger partial charge on any atom is 0.139 e. The van der Waals surface area contributed by atoms with Crippen LogP contribution in [-0.4, -0.2) is 22.9 Å². The molecule has 1 aliphatic rings. The zero-order valence-electron chi connectivity index (χ0n) is 4.59. The number of rotatable bonds is 1. The Labute approximate surface area is 52.3 Å². The van der Waals surface area contributed by atoms with E-state index >= 15 is 0 Å². The molecule has 8 heavy (non-hydrogen) atoms. The summed E-state index contributed by atoms with van der Waals surface area (Å²) in [5.41, 5.74) is 0. The zero-order valence-corrected chi connectivity index (χ0v) is 5.40. The van der Waals surface area contributed by atoms with Gasteiger partial charge in [-0.3, -0.25) is 0 Å². The van der Waals surface area contributed by atoms with Gasteiger partial charge in [0.05, 0.1) is 5.88 Å². The van der Waals surface area contributed by atoms with Gasteiger partial charge in [0.2, 0.25) is 0 Å². The summed E-state index contributed by atoms with van der Waals surface area (Å²) < 4.78 is 3.91. The predicted octanol–water partition coefficient (Wildman–Crippen LogP) is -0.0254. The first-order valence-corrected chi connectivity index (χ1v) is 3.37. The maximum absolute atomic E-state index is 8.85. The third-order valence-corrected chi connectivity index (χ3v) is 1.48. The molecular formula is C4H8N2OS. The van der Waals surface area contributed by atoms with Gasteiger partial charge in [0, 0.05) is 0 Å². The summed E-state index contributed by atoms with van der Waals surface area (Å²) in [5.74, 6) is 1.48. The Bertz CT molecular complexity index is 113. The van der Waals surface area contributed by atoms with Gasteiger partial charge in [-0.15, -0.1) is 0 Å². The van der Waals surface area contributed by atoms with Crippen molar-refractivity contribution < 1.29 is 5.11 Å². The molecule has 1 atom stereocenters. The molecule has 0 fully saturated rings. The summed E-state index contributed by atoms with van der Waals surface area (Å²) >= 11 is 1.43. The van der Waals surface area contributed by atoms with Crippen molar-refractivity contribution in [1.29, 1.82) is 0 Å². The quantitative estimate of drug-likeness (QED) is 0.493. The molecule has 2 N–H and O–H groups in total. The highest BCUT2D eigenvalue weighted by atomic mass is 32.2. The summed E-state index contributed by atoms with van der Waals surface area (Å²) in [6.07, 6.45) is -0.440. The molecule has 1 rings (SSSR count). The first-order chi connectivity index (χ1) is 3.80. The van der Waals surface area contributed by atoms with Crippen LogP contribution >= 0.6 is 11.9 Å². The van der Waals surface area contributed by atoms with Gasteiger partial charge in [0.25, 0.3) is 0 Å². The average molecular weight is 132 g/mol. The second-order valence-corrected chi connectivity index (χ2v) is 2.33. The summed E-state index contributed by atoms with van der Waals surface area (Å²) in [7, 11) is 0. The molecule has 0 amide bonds. The highest BCUT2D eigenvalue weighted by Gasteiger charge is 2.09. The smallest absolute Gasteiger partial charge is 0.139 e. The minimum atomic E-state index is -0.440. The molecule has 1 unspecified atom stereocenters. The number of hydrogen-bond acceptors (Lipinski definition) is 4. The van der Waals surface area contributed by atoms with E-state index in [9.17, 15) is 0 Å². The van der Waals surface area contributed by atoms with E-state index in [1.54, 1.807) is 6.92 Å². The average Bonchev–Trinajstić information content (AvgIpc) is 2.12. The summed E-state index contributed by atoms with van der Waals surface area (Å²) in [6, 6.07) is 0. The van der Waals surface area contributed by atoms with Gasteiger partial charge in [0.1, 0.15) is 11.9 Å². The molecule has 0 saturated heterocycles. The molecule has 0 aliphatic carbocycles. The van der Waals surface area contributed by atoms with Crippen molar-refractivity contribution >= 4 is 17.8 Å². The normalized spacial score (nSPS) is 22.0. The van der Waals surface area contributed by atoms with E-state index in [0.717, 1.165) is 5.88 Å². The Morgan fingerprint density at radius 2 is 2.75 bits per heavy atom. The molecule has 0 saturated carbocycles. The SMILES string of the molecule is CC(O)C1=NSCN1. The molecular weight excluding hydrogens is 124 g/mol. The van der Waals surface area contributed by atoms with Gasteiger partial charge < -0.3 is 10.4 Å². The third kappa shape index (κ3) is 1.14. The van der Waals surface area contributed by atoms with Crippen LogP contribution in [0.5, 0.6) is 0 Å². The monoisotopic (exact) mass is 132 g/mol. The predicted molar refractivity (Wildman–Crippen MR) is 34.7 cm³/mol. The fraction of sp³-hybridized carbons (Fsp3) is 0.750. The number of aliphatic hydroxyl groups is 1. The highest BCUT2D eigenvalue weighted by molar-refractivity contribution is 7.98. The van der Waals surface area contributed by atoms with Gasteiger partial charge in [-0.2, -0.15) is 4.40 Å². The Balaban J connectivity index is 2.45. The lowest BCUT2D eigenvalue weighted by atomic mass is 10.4. The van der Waals surface area contributed by atoms with E-state index < -0.39 is 6.10 Å². The molecule has 0 aromatic carbocycles. The molecule has 1 heterocycles.